The Bertz CT molecular complexity index is 989. The minimum absolute atomic E-state index is 0.201. The van der Waals surface area contributed by atoms with Crippen LogP contribution in [-0.4, -0.2) is 15.0 Å². The Hall–Kier alpha value is -1.98. The van der Waals surface area contributed by atoms with E-state index >= 15 is 0 Å². The highest BCUT2D eigenvalue weighted by molar-refractivity contribution is 7.17. The van der Waals surface area contributed by atoms with Gasteiger partial charge in [-0.3, -0.25) is 0 Å². The van der Waals surface area contributed by atoms with E-state index in [1.807, 2.05) is 18.4 Å². The van der Waals surface area contributed by atoms with Crippen LogP contribution >= 0.6 is 22.9 Å². The van der Waals surface area contributed by atoms with Crippen LogP contribution in [0.4, 0.5) is 4.39 Å². The molecule has 0 aliphatic carbocycles. The van der Waals surface area contributed by atoms with Crippen molar-refractivity contribution in [3.05, 3.63) is 46.4 Å². The summed E-state index contributed by atoms with van der Waals surface area (Å²) in [5.74, 6) is -0.280. The number of aromatic nitrogens is 3. The van der Waals surface area contributed by atoms with Gasteiger partial charge in [0.05, 0.1) is 21.4 Å². The first-order valence-electron chi connectivity index (χ1n) is 6.32. The third-order valence-electron chi connectivity index (χ3n) is 3.49. The van der Waals surface area contributed by atoms with Crippen molar-refractivity contribution in [1.29, 1.82) is 0 Å². The van der Waals surface area contributed by atoms with Gasteiger partial charge in [-0.25, -0.2) is 14.4 Å². The third kappa shape index (κ3) is 1.85. The maximum Gasteiger partial charge on any atom is 0.223 e. The highest BCUT2D eigenvalue weighted by atomic mass is 35.5. The number of hydrogen-bond acceptors (Lipinski definition) is 3. The van der Waals surface area contributed by atoms with Gasteiger partial charge in [-0.2, -0.15) is 0 Å². The van der Waals surface area contributed by atoms with Crippen molar-refractivity contribution in [3.63, 3.8) is 0 Å². The first-order chi connectivity index (χ1) is 10.1. The first kappa shape index (κ1) is 12.7. The standard InChI is InChI=1S/C15H9ClFN3S/c1-7-6-21-14-11(7)19-15(16)20-13(14)8-2-3-10(17)12-9(8)4-5-18-12/h2-6,18H,1H3. The minimum Gasteiger partial charge on any atom is -0.359 e. The van der Waals surface area contributed by atoms with E-state index in [1.54, 1.807) is 23.6 Å². The molecule has 0 spiro atoms. The molecule has 0 fully saturated rings. The molecule has 0 unspecified atom stereocenters. The Morgan fingerprint density at radius 3 is 2.95 bits per heavy atom. The van der Waals surface area contributed by atoms with E-state index in [1.165, 1.54) is 6.07 Å². The van der Waals surface area contributed by atoms with E-state index in [0.29, 0.717) is 5.52 Å². The number of nitrogens with zero attached hydrogens (tertiary/aromatic N) is 2. The van der Waals surface area contributed by atoms with Crippen LogP contribution in [-0.2, 0) is 0 Å². The minimum atomic E-state index is -0.280. The molecule has 0 aliphatic rings. The summed E-state index contributed by atoms with van der Waals surface area (Å²) in [7, 11) is 0. The highest BCUT2D eigenvalue weighted by Gasteiger charge is 2.16. The molecule has 0 atom stereocenters. The van der Waals surface area contributed by atoms with Gasteiger partial charge in [0, 0.05) is 17.1 Å². The largest absolute Gasteiger partial charge is 0.359 e. The van der Waals surface area contributed by atoms with E-state index in [-0.39, 0.29) is 11.1 Å². The van der Waals surface area contributed by atoms with Crippen LogP contribution in [0.15, 0.2) is 29.8 Å². The number of aryl methyl sites for hydroxylation is 1. The normalized spacial score (nSPS) is 11.6. The number of aromatic amines is 1. The molecule has 3 aromatic heterocycles. The van der Waals surface area contributed by atoms with Crippen molar-refractivity contribution in [2.45, 2.75) is 6.92 Å². The van der Waals surface area contributed by atoms with Crippen molar-refractivity contribution in [2.24, 2.45) is 0 Å². The molecule has 0 aliphatic heterocycles. The Morgan fingerprint density at radius 2 is 2.10 bits per heavy atom. The van der Waals surface area contributed by atoms with Crippen LogP contribution < -0.4 is 0 Å². The first-order valence-corrected chi connectivity index (χ1v) is 7.58. The van der Waals surface area contributed by atoms with Crippen molar-refractivity contribution in [1.82, 2.24) is 15.0 Å². The van der Waals surface area contributed by atoms with Crippen LogP contribution in [0, 0.1) is 12.7 Å². The van der Waals surface area contributed by atoms with Gasteiger partial charge in [0.15, 0.2) is 0 Å². The quantitative estimate of drug-likeness (QED) is 0.505. The summed E-state index contributed by atoms with van der Waals surface area (Å²) in [6.07, 6.45) is 1.72. The van der Waals surface area contributed by atoms with Crippen molar-refractivity contribution in [3.8, 4) is 11.3 Å². The van der Waals surface area contributed by atoms with Crippen molar-refractivity contribution >= 4 is 44.1 Å². The molecule has 104 valence electrons. The van der Waals surface area contributed by atoms with Crippen LogP contribution in [0.2, 0.25) is 5.28 Å². The van der Waals surface area contributed by atoms with Gasteiger partial charge in [0.2, 0.25) is 5.28 Å². The van der Waals surface area contributed by atoms with Gasteiger partial charge in [-0.1, -0.05) is 0 Å². The zero-order valence-corrected chi connectivity index (χ0v) is 12.5. The summed E-state index contributed by atoms with van der Waals surface area (Å²) >= 11 is 7.63. The summed E-state index contributed by atoms with van der Waals surface area (Å²) in [4.78, 5) is 11.6. The van der Waals surface area contributed by atoms with Gasteiger partial charge in [-0.15, -0.1) is 11.3 Å². The number of H-pyrrole nitrogens is 1. The Kier molecular flexibility index (Phi) is 2.74. The summed E-state index contributed by atoms with van der Waals surface area (Å²) in [5.41, 5.74) is 3.98. The fourth-order valence-corrected chi connectivity index (χ4v) is 3.68. The number of thiophene rings is 1. The smallest absolute Gasteiger partial charge is 0.223 e. The summed E-state index contributed by atoms with van der Waals surface area (Å²) in [6.45, 7) is 1.99. The van der Waals surface area contributed by atoms with Crippen LogP contribution in [0.1, 0.15) is 5.56 Å². The number of hydrogen-bond donors (Lipinski definition) is 1. The number of fused-ring (bicyclic) bond motifs is 2. The van der Waals surface area contributed by atoms with Crippen LogP contribution in [0.3, 0.4) is 0 Å². The SMILES string of the molecule is Cc1csc2c(-c3ccc(F)c4[nH]ccc34)nc(Cl)nc12. The number of rotatable bonds is 1. The van der Waals surface area contributed by atoms with Crippen molar-refractivity contribution < 1.29 is 4.39 Å². The van der Waals surface area contributed by atoms with E-state index in [9.17, 15) is 4.39 Å². The number of nitrogens with one attached hydrogen (secondary N) is 1. The van der Waals surface area contributed by atoms with Gasteiger partial charge in [0.1, 0.15) is 5.82 Å². The molecular weight excluding hydrogens is 309 g/mol. The third-order valence-corrected chi connectivity index (χ3v) is 4.76. The molecule has 0 saturated heterocycles. The zero-order chi connectivity index (χ0) is 14.6. The predicted molar refractivity (Wildman–Crippen MR) is 84.4 cm³/mol. The fraction of sp³-hybridized carbons (Fsp3) is 0.0667. The summed E-state index contributed by atoms with van der Waals surface area (Å²) in [5, 5.41) is 3.01. The molecule has 1 aromatic carbocycles. The van der Waals surface area contributed by atoms with Gasteiger partial charge < -0.3 is 4.98 Å². The lowest BCUT2D eigenvalue weighted by atomic mass is 10.1. The molecule has 3 heterocycles. The average molecular weight is 318 g/mol. The number of halogens is 2. The molecule has 0 bridgehead atoms. The van der Waals surface area contributed by atoms with Gasteiger partial charge in [-0.05, 0) is 47.7 Å². The maximum atomic E-state index is 13.8. The molecule has 4 rings (SSSR count). The lowest BCUT2D eigenvalue weighted by Crippen LogP contribution is -1.91. The van der Waals surface area contributed by atoms with E-state index < -0.39 is 0 Å². The Morgan fingerprint density at radius 1 is 1.24 bits per heavy atom. The number of benzene rings is 1. The van der Waals surface area contributed by atoms with Crippen molar-refractivity contribution in [2.75, 3.05) is 0 Å². The van der Waals surface area contributed by atoms with Gasteiger partial charge in [0.25, 0.3) is 0 Å². The second-order valence-corrected chi connectivity index (χ2v) is 6.02. The second-order valence-electron chi connectivity index (χ2n) is 4.80. The molecule has 21 heavy (non-hydrogen) atoms. The summed E-state index contributed by atoms with van der Waals surface area (Å²) in [6, 6.07) is 5.02. The lowest BCUT2D eigenvalue weighted by molar-refractivity contribution is 0.637. The second kappa shape index (κ2) is 4.51. The monoisotopic (exact) mass is 317 g/mol. The van der Waals surface area contributed by atoms with Gasteiger partial charge >= 0.3 is 0 Å². The molecule has 0 radical (unpaired) electrons. The zero-order valence-electron chi connectivity index (χ0n) is 10.9. The molecule has 1 N–H and O–H groups in total. The van der Waals surface area contributed by atoms with Crippen LogP contribution in [0.5, 0.6) is 0 Å². The molecule has 3 nitrogen and oxygen atoms in total. The predicted octanol–water partition coefficient (Wildman–Crippen LogP) is 4.94. The van der Waals surface area contributed by atoms with E-state index in [4.69, 9.17) is 11.6 Å². The summed E-state index contributed by atoms with van der Waals surface area (Å²) < 4.78 is 14.8. The van der Waals surface area contributed by atoms with E-state index in [2.05, 4.69) is 15.0 Å². The molecular formula is C15H9ClFN3S. The average Bonchev–Trinajstić information content (AvgIpc) is 3.07. The van der Waals surface area contributed by atoms with E-state index in [0.717, 1.165) is 32.4 Å². The Labute approximate surface area is 128 Å². The maximum absolute atomic E-state index is 13.8. The Balaban J connectivity index is 2.14. The molecule has 6 heteroatoms. The lowest BCUT2D eigenvalue weighted by Gasteiger charge is -2.06. The topological polar surface area (TPSA) is 41.6 Å². The van der Waals surface area contributed by atoms with Crippen LogP contribution in [0.25, 0.3) is 32.4 Å². The molecule has 0 amide bonds. The molecule has 4 aromatic rings. The fourth-order valence-electron chi connectivity index (χ4n) is 2.52. The highest BCUT2D eigenvalue weighted by Crippen LogP contribution is 2.37. The molecule has 0 saturated carbocycles.